The summed E-state index contributed by atoms with van der Waals surface area (Å²) in [7, 11) is 0. The molecule has 0 spiro atoms. The fraction of sp³-hybridized carbons (Fsp3) is 0.300. The average molecular weight is 495 g/mol. The minimum atomic E-state index is -0.248. The second-order valence-electron chi connectivity index (χ2n) is 6.30. The van der Waals surface area contributed by atoms with E-state index < -0.39 is 0 Å². The molecule has 0 aliphatic carbocycles. The van der Waals surface area contributed by atoms with Crippen LogP contribution < -0.4 is 15.4 Å². The van der Waals surface area contributed by atoms with Gasteiger partial charge in [-0.05, 0) is 71.1 Å². The van der Waals surface area contributed by atoms with Gasteiger partial charge < -0.3 is 20.1 Å². The van der Waals surface area contributed by atoms with Gasteiger partial charge in [0.05, 0.1) is 19.8 Å². The molecule has 1 saturated heterocycles. The second kappa shape index (κ2) is 10.4. The molecule has 1 aliphatic rings. The Hall–Kier alpha value is -2.17. The largest absolute Gasteiger partial charge is 0.484 e. The molecular weight excluding hydrogens is 473 g/mol. The lowest BCUT2D eigenvalue weighted by molar-refractivity contribution is -0.119. The Balaban J connectivity index is 1.42. The van der Waals surface area contributed by atoms with Crippen LogP contribution in [0.25, 0.3) is 0 Å². The monoisotopic (exact) mass is 495 g/mol. The molecule has 1 fully saturated rings. The summed E-state index contributed by atoms with van der Waals surface area (Å²) in [4.78, 5) is 26.2. The van der Waals surface area contributed by atoms with Crippen molar-refractivity contribution in [2.24, 2.45) is 0 Å². The molecular formula is C20H22IN3O4. The van der Waals surface area contributed by atoms with E-state index in [4.69, 9.17) is 9.47 Å². The maximum Gasteiger partial charge on any atom is 0.262 e. The first-order valence-electron chi connectivity index (χ1n) is 8.97. The predicted octanol–water partition coefficient (Wildman–Crippen LogP) is 2.58. The quantitative estimate of drug-likeness (QED) is 0.578. The molecule has 1 heterocycles. The number of nitrogens with zero attached hydrogens (tertiary/aromatic N) is 1. The Morgan fingerprint density at radius 1 is 0.929 bits per heavy atom. The number of hydrogen-bond acceptors (Lipinski definition) is 5. The van der Waals surface area contributed by atoms with Gasteiger partial charge in [-0.2, -0.15) is 0 Å². The van der Waals surface area contributed by atoms with E-state index in [-0.39, 0.29) is 18.4 Å². The van der Waals surface area contributed by atoms with Gasteiger partial charge in [-0.25, -0.2) is 0 Å². The van der Waals surface area contributed by atoms with Crippen molar-refractivity contribution in [2.75, 3.05) is 50.1 Å². The van der Waals surface area contributed by atoms with Crippen LogP contribution >= 0.6 is 22.6 Å². The molecule has 148 valence electrons. The van der Waals surface area contributed by atoms with Crippen molar-refractivity contribution in [2.45, 2.75) is 0 Å². The lowest BCUT2D eigenvalue weighted by Gasteiger charge is -2.25. The molecule has 2 aromatic carbocycles. The maximum atomic E-state index is 12.1. The second-order valence-corrected chi connectivity index (χ2v) is 7.55. The van der Waals surface area contributed by atoms with Crippen molar-refractivity contribution < 1.29 is 19.1 Å². The fourth-order valence-electron chi connectivity index (χ4n) is 2.68. The topological polar surface area (TPSA) is 79.9 Å². The summed E-state index contributed by atoms with van der Waals surface area (Å²) in [5.41, 5.74) is 1.33. The number of halogens is 1. The molecule has 8 heteroatoms. The third-order valence-corrected chi connectivity index (χ3v) is 4.83. The number of anilines is 2. The van der Waals surface area contributed by atoms with E-state index in [2.05, 4.69) is 38.1 Å². The van der Waals surface area contributed by atoms with Crippen LogP contribution in [0.15, 0.2) is 48.5 Å². The summed E-state index contributed by atoms with van der Waals surface area (Å²) < 4.78 is 11.8. The summed E-state index contributed by atoms with van der Waals surface area (Å²) in [6, 6.07) is 14.5. The highest BCUT2D eigenvalue weighted by Gasteiger charge is 2.14. The lowest BCUT2D eigenvalue weighted by Crippen LogP contribution is -2.41. The molecule has 0 radical (unpaired) electrons. The Kier molecular flexibility index (Phi) is 7.63. The molecule has 7 nitrogen and oxygen atoms in total. The van der Waals surface area contributed by atoms with Crippen LogP contribution in [0.2, 0.25) is 0 Å². The molecule has 2 aromatic rings. The molecule has 3 rings (SSSR count). The van der Waals surface area contributed by atoms with E-state index in [9.17, 15) is 9.59 Å². The van der Waals surface area contributed by atoms with Crippen LogP contribution in [-0.4, -0.2) is 56.2 Å². The van der Waals surface area contributed by atoms with Gasteiger partial charge in [0.15, 0.2) is 6.61 Å². The molecule has 2 amide bonds. The molecule has 0 unspecified atom stereocenters. The Labute approximate surface area is 177 Å². The Morgan fingerprint density at radius 3 is 2.11 bits per heavy atom. The molecule has 0 atom stereocenters. The number of morpholine rings is 1. The summed E-state index contributed by atoms with van der Waals surface area (Å²) in [6.07, 6.45) is 0. The van der Waals surface area contributed by atoms with Gasteiger partial charge in [-0.15, -0.1) is 0 Å². The third-order valence-electron chi connectivity index (χ3n) is 4.11. The van der Waals surface area contributed by atoms with Gasteiger partial charge in [0.1, 0.15) is 5.75 Å². The van der Waals surface area contributed by atoms with Crippen LogP contribution in [0.4, 0.5) is 11.4 Å². The number of carbonyl (C=O) groups excluding carboxylic acids is 2. The van der Waals surface area contributed by atoms with Crippen molar-refractivity contribution in [3.05, 3.63) is 52.1 Å². The van der Waals surface area contributed by atoms with Gasteiger partial charge >= 0.3 is 0 Å². The van der Waals surface area contributed by atoms with Crippen molar-refractivity contribution in [3.63, 3.8) is 0 Å². The summed E-state index contributed by atoms with van der Waals surface area (Å²) >= 11 is 2.21. The van der Waals surface area contributed by atoms with E-state index in [0.29, 0.717) is 36.9 Å². The first-order chi connectivity index (χ1) is 13.6. The number of amides is 2. The number of carbonyl (C=O) groups is 2. The summed E-state index contributed by atoms with van der Waals surface area (Å²) in [5.74, 6) is 0.334. The van der Waals surface area contributed by atoms with Crippen LogP contribution in [-0.2, 0) is 14.3 Å². The highest BCUT2D eigenvalue weighted by atomic mass is 127. The number of nitrogens with one attached hydrogen (secondary N) is 2. The fourth-order valence-corrected chi connectivity index (χ4v) is 3.04. The van der Waals surface area contributed by atoms with Gasteiger partial charge in [0.25, 0.3) is 5.91 Å². The van der Waals surface area contributed by atoms with Gasteiger partial charge in [0.2, 0.25) is 5.91 Å². The molecule has 0 saturated carbocycles. The third kappa shape index (κ3) is 6.77. The summed E-state index contributed by atoms with van der Waals surface area (Å²) in [6.45, 7) is 3.13. The normalized spacial score (nSPS) is 14.3. The lowest BCUT2D eigenvalue weighted by atomic mass is 10.2. The van der Waals surface area contributed by atoms with Crippen molar-refractivity contribution in [1.29, 1.82) is 0 Å². The minimum absolute atomic E-state index is 0.0652. The SMILES string of the molecule is O=C(COc1ccc(I)cc1)Nc1ccc(NC(=O)CN2CCOCC2)cc1. The zero-order valence-electron chi connectivity index (χ0n) is 15.3. The number of hydrogen-bond donors (Lipinski definition) is 2. The zero-order valence-corrected chi connectivity index (χ0v) is 17.5. The maximum absolute atomic E-state index is 12.1. The van der Waals surface area contributed by atoms with E-state index in [1.807, 2.05) is 24.3 Å². The highest BCUT2D eigenvalue weighted by Crippen LogP contribution is 2.15. The molecule has 2 N–H and O–H groups in total. The zero-order chi connectivity index (χ0) is 19.8. The molecule has 0 bridgehead atoms. The number of ether oxygens (including phenoxy) is 2. The minimum Gasteiger partial charge on any atom is -0.484 e. The smallest absolute Gasteiger partial charge is 0.262 e. The van der Waals surface area contributed by atoms with Crippen LogP contribution in [0, 0.1) is 3.57 Å². The molecule has 0 aromatic heterocycles. The van der Waals surface area contributed by atoms with Crippen LogP contribution in [0.5, 0.6) is 5.75 Å². The molecule has 1 aliphatic heterocycles. The first-order valence-corrected chi connectivity index (χ1v) is 10.0. The van der Waals surface area contributed by atoms with Crippen molar-refractivity contribution >= 4 is 45.8 Å². The molecule has 28 heavy (non-hydrogen) atoms. The van der Waals surface area contributed by atoms with Gasteiger partial charge in [-0.1, -0.05) is 0 Å². The van der Waals surface area contributed by atoms with Crippen LogP contribution in [0.3, 0.4) is 0 Å². The summed E-state index contributed by atoms with van der Waals surface area (Å²) in [5, 5.41) is 5.63. The number of rotatable bonds is 7. The van der Waals surface area contributed by atoms with E-state index in [1.165, 1.54) is 0 Å². The van der Waals surface area contributed by atoms with E-state index in [0.717, 1.165) is 16.7 Å². The van der Waals surface area contributed by atoms with Crippen molar-refractivity contribution in [1.82, 2.24) is 4.90 Å². The average Bonchev–Trinajstić information content (AvgIpc) is 2.70. The predicted molar refractivity (Wildman–Crippen MR) is 116 cm³/mol. The van der Waals surface area contributed by atoms with E-state index >= 15 is 0 Å². The Morgan fingerprint density at radius 2 is 1.50 bits per heavy atom. The van der Waals surface area contributed by atoms with Gasteiger partial charge in [0, 0.05) is 28.0 Å². The first kappa shape index (κ1) is 20.6. The van der Waals surface area contributed by atoms with Gasteiger partial charge in [-0.3, -0.25) is 14.5 Å². The van der Waals surface area contributed by atoms with Crippen molar-refractivity contribution in [3.8, 4) is 5.75 Å². The standard InChI is InChI=1S/C20H22IN3O4/c21-15-1-7-18(8-2-15)28-14-20(26)23-17-5-3-16(4-6-17)22-19(25)13-24-9-11-27-12-10-24/h1-8H,9-14H2,(H,22,25)(H,23,26). The number of benzene rings is 2. The van der Waals surface area contributed by atoms with E-state index in [1.54, 1.807) is 24.3 Å². The Bertz CT molecular complexity index is 790. The van der Waals surface area contributed by atoms with Crippen LogP contribution in [0.1, 0.15) is 0 Å². The highest BCUT2D eigenvalue weighted by molar-refractivity contribution is 14.1.